The second-order valence-corrected chi connectivity index (χ2v) is 11.5. The van der Waals surface area contributed by atoms with Crippen molar-refractivity contribution in [2.24, 2.45) is 0 Å². The summed E-state index contributed by atoms with van der Waals surface area (Å²) in [4.78, 5) is 41.3. The SMILES string of the molecule is CC1(c2cccc(OC(F)(F)F)c2)CCN(CCCOc2cccc3c2CN([C@@]2(C)CCC(=O)NC2=O)C3=O)CC1. The van der Waals surface area contributed by atoms with Crippen LogP contribution in [0.25, 0.3) is 0 Å². The summed E-state index contributed by atoms with van der Waals surface area (Å²) in [7, 11) is 0. The molecule has 0 spiro atoms. The highest BCUT2D eigenvalue weighted by atomic mass is 19.4. The Morgan fingerprint density at radius 2 is 1.73 bits per heavy atom. The zero-order valence-electron chi connectivity index (χ0n) is 23.2. The molecular weight excluding hydrogens is 539 g/mol. The lowest BCUT2D eigenvalue weighted by Crippen LogP contribution is -2.61. The van der Waals surface area contributed by atoms with Crippen LogP contribution in [0, 0.1) is 0 Å². The molecule has 2 aromatic carbocycles. The van der Waals surface area contributed by atoms with Crippen LogP contribution in [-0.4, -0.2) is 65.7 Å². The van der Waals surface area contributed by atoms with Crippen LogP contribution < -0.4 is 14.8 Å². The molecule has 0 radical (unpaired) electrons. The number of amides is 3. The van der Waals surface area contributed by atoms with Crippen molar-refractivity contribution < 1.29 is 37.0 Å². The number of carbonyl (C=O) groups excluding carboxylic acids is 3. The number of likely N-dealkylation sites (tertiary alicyclic amines) is 1. The number of imide groups is 1. The molecule has 3 heterocycles. The van der Waals surface area contributed by atoms with Gasteiger partial charge in [-0.2, -0.15) is 0 Å². The molecule has 220 valence electrons. The summed E-state index contributed by atoms with van der Waals surface area (Å²) in [6, 6.07) is 11.6. The molecule has 11 heteroatoms. The minimum absolute atomic E-state index is 0.181. The summed E-state index contributed by atoms with van der Waals surface area (Å²) < 4.78 is 48.2. The van der Waals surface area contributed by atoms with Crippen molar-refractivity contribution in [3.05, 3.63) is 59.2 Å². The fraction of sp³-hybridized carbons (Fsp3) is 0.500. The number of benzene rings is 2. The molecule has 0 aromatic heterocycles. The van der Waals surface area contributed by atoms with Gasteiger partial charge in [0.25, 0.3) is 11.8 Å². The van der Waals surface area contributed by atoms with Crippen LogP contribution in [0.2, 0.25) is 0 Å². The van der Waals surface area contributed by atoms with E-state index in [2.05, 4.69) is 21.9 Å². The monoisotopic (exact) mass is 573 g/mol. The smallest absolute Gasteiger partial charge is 0.493 e. The number of hydrogen-bond acceptors (Lipinski definition) is 6. The van der Waals surface area contributed by atoms with E-state index in [1.54, 1.807) is 25.1 Å². The number of rotatable bonds is 8. The van der Waals surface area contributed by atoms with Crippen molar-refractivity contribution in [2.75, 3.05) is 26.2 Å². The number of halogens is 3. The molecule has 1 N–H and O–H groups in total. The van der Waals surface area contributed by atoms with Gasteiger partial charge in [-0.1, -0.05) is 25.1 Å². The quantitative estimate of drug-likeness (QED) is 0.368. The number of hydrogen-bond donors (Lipinski definition) is 1. The summed E-state index contributed by atoms with van der Waals surface area (Å²) in [6.45, 7) is 6.89. The van der Waals surface area contributed by atoms with Crippen molar-refractivity contribution in [1.82, 2.24) is 15.1 Å². The van der Waals surface area contributed by atoms with Gasteiger partial charge in [-0.25, -0.2) is 0 Å². The maximum atomic E-state index is 13.2. The van der Waals surface area contributed by atoms with Crippen molar-refractivity contribution in [2.45, 2.75) is 69.8 Å². The van der Waals surface area contributed by atoms with E-state index in [9.17, 15) is 27.6 Å². The predicted octanol–water partition coefficient (Wildman–Crippen LogP) is 4.56. The van der Waals surface area contributed by atoms with Crippen LogP contribution >= 0.6 is 0 Å². The highest BCUT2D eigenvalue weighted by Crippen LogP contribution is 2.39. The van der Waals surface area contributed by atoms with Crippen LogP contribution in [0.5, 0.6) is 11.5 Å². The maximum Gasteiger partial charge on any atom is 0.573 e. The number of nitrogens with zero attached hydrogens (tertiary/aromatic N) is 2. The Hall–Kier alpha value is -3.60. The third kappa shape index (κ3) is 6.05. The summed E-state index contributed by atoms with van der Waals surface area (Å²) >= 11 is 0. The normalized spacial score (nSPS) is 22.9. The largest absolute Gasteiger partial charge is 0.573 e. The minimum atomic E-state index is -4.72. The molecule has 0 aliphatic carbocycles. The molecule has 2 aromatic rings. The van der Waals surface area contributed by atoms with E-state index in [0.29, 0.717) is 17.9 Å². The Kier molecular flexibility index (Phi) is 7.76. The van der Waals surface area contributed by atoms with Crippen LogP contribution in [0.15, 0.2) is 42.5 Å². The molecule has 0 unspecified atom stereocenters. The lowest BCUT2D eigenvalue weighted by Gasteiger charge is -2.40. The van der Waals surface area contributed by atoms with E-state index < -0.39 is 17.8 Å². The number of fused-ring (bicyclic) bond motifs is 1. The molecule has 2 saturated heterocycles. The molecule has 3 aliphatic heterocycles. The molecular formula is C30H34F3N3O5. The van der Waals surface area contributed by atoms with Gasteiger partial charge < -0.3 is 19.3 Å². The van der Waals surface area contributed by atoms with E-state index in [1.807, 2.05) is 12.1 Å². The Morgan fingerprint density at radius 3 is 2.44 bits per heavy atom. The summed E-state index contributed by atoms with van der Waals surface area (Å²) in [5, 5.41) is 2.35. The van der Waals surface area contributed by atoms with Crippen molar-refractivity contribution in [3.63, 3.8) is 0 Å². The van der Waals surface area contributed by atoms with E-state index in [-0.39, 0.29) is 42.4 Å². The van der Waals surface area contributed by atoms with E-state index in [4.69, 9.17) is 4.74 Å². The zero-order valence-corrected chi connectivity index (χ0v) is 23.2. The lowest BCUT2D eigenvalue weighted by molar-refractivity contribution is -0.274. The van der Waals surface area contributed by atoms with Crippen LogP contribution in [-0.2, 0) is 21.5 Å². The molecule has 3 aliphatic rings. The second kappa shape index (κ2) is 11.0. The van der Waals surface area contributed by atoms with Gasteiger partial charge in [0, 0.05) is 24.1 Å². The molecule has 3 amide bonds. The molecule has 0 saturated carbocycles. The zero-order chi connectivity index (χ0) is 29.4. The summed E-state index contributed by atoms with van der Waals surface area (Å²) in [5.74, 6) is -0.619. The summed E-state index contributed by atoms with van der Waals surface area (Å²) in [5.41, 5.74) is 0.758. The number of ether oxygens (including phenoxy) is 2. The van der Waals surface area contributed by atoms with Gasteiger partial charge >= 0.3 is 6.36 Å². The highest BCUT2D eigenvalue weighted by molar-refractivity contribution is 6.07. The molecule has 5 rings (SSSR count). The van der Waals surface area contributed by atoms with Crippen molar-refractivity contribution >= 4 is 17.7 Å². The third-order valence-electron chi connectivity index (χ3n) is 8.70. The van der Waals surface area contributed by atoms with Gasteiger partial charge in [0.1, 0.15) is 17.0 Å². The molecule has 2 fully saturated rings. The number of nitrogens with one attached hydrogen (secondary N) is 1. The fourth-order valence-electron chi connectivity index (χ4n) is 5.99. The molecule has 41 heavy (non-hydrogen) atoms. The Morgan fingerprint density at radius 1 is 1.00 bits per heavy atom. The first-order chi connectivity index (χ1) is 19.4. The predicted molar refractivity (Wildman–Crippen MR) is 143 cm³/mol. The average Bonchev–Trinajstić information content (AvgIpc) is 3.27. The van der Waals surface area contributed by atoms with Crippen molar-refractivity contribution in [3.8, 4) is 11.5 Å². The standard InChI is InChI=1S/C30H34F3N3O5/c1-28(20-6-3-7-21(18-20)41-30(31,32)33)12-15-35(16-13-28)14-5-17-40-24-9-4-8-22-23(24)19-36(26(22)38)29(2)11-10-25(37)34-27(29)39/h3-4,6-9,18H,5,10-17,19H2,1-2H3,(H,34,37,39)/t29-/m0/s1. The Balaban J connectivity index is 1.13. The summed E-state index contributed by atoms with van der Waals surface area (Å²) in [6.07, 6.45) is -1.88. The molecule has 8 nitrogen and oxygen atoms in total. The first-order valence-electron chi connectivity index (χ1n) is 13.9. The molecule has 1 atom stereocenters. The Bertz CT molecular complexity index is 1340. The fourth-order valence-corrected chi connectivity index (χ4v) is 5.99. The first-order valence-corrected chi connectivity index (χ1v) is 13.9. The molecule has 0 bridgehead atoms. The van der Waals surface area contributed by atoms with Crippen LogP contribution in [0.4, 0.5) is 13.2 Å². The maximum absolute atomic E-state index is 13.2. The highest BCUT2D eigenvalue weighted by Gasteiger charge is 2.49. The Labute approximate surface area is 236 Å². The first kappa shape index (κ1) is 28.9. The van der Waals surface area contributed by atoms with E-state index >= 15 is 0 Å². The van der Waals surface area contributed by atoms with E-state index in [1.165, 1.54) is 17.0 Å². The van der Waals surface area contributed by atoms with E-state index in [0.717, 1.165) is 50.0 Å². The topological polar surface area (TPSA) is 88.2 Å². The van der Waals surface area contributed by atoms with Gasteiger partial charge in [0.15, 0.2) is 0 Å². The van der Waals surface area contributed by atoms with Gasteiger partial charge in [-0.15, -0.1) is 13.2 Å². The van der Waals surface area contributed by atoms with Crippen molar-refractivity contribution in [1.29, 1.82) is 0 Å². The van der Waals surface area contributed by atoms with Gasteiger partial charge in [0.2, 0.25) is 5.91 Å². The second-order valence-electron chi connectivity index (χ2n) is 11.5. The lowest BCUT2D eigenvalue weighted by atomic mass is 9.74. The van der Waals surface area contributed by atoms with Crippen LogP contribution in [0.3, 0.4) is 0 Å². The van der Waals surface area contributed by atoms with Gasteiger partial charge in [-0.05, 0) is 80.9 Å². The van der Waals surface area contributed by atoms with Gasteiger partial charge in [0.05, 0.1) is 13.2 Å². The van der Waals surface area contributed by atoms with Gasteiger partial charge in [-0.3, -0.25) is 19.7 Å². The number of carbonyl (C=O) groups is 3. The average molecular weight is 574 g/mol. The van der Waals surface area contributed by atoms with Crippen LogP contribution in [0.1, 0.15) is 67.4 Å². The minimum Gasteiger partial charge on any atom is -0.493 e. The number of piperidine rings is 2. The number of alkyl halides is 3. The third-order valence-corrected chi connectivity index (χ3v) is 8.70.